The zero-order valence-corrected chi connectivity index (χ0v) is 13.6. The van der Waals surface area contributed by atoms with Crippen molar-refractivity contribution in [3.05, 3.63) is 33.4 Å². The predicted molar refractivity (Wildman–Crippen MR) is 80.7 cm³/mol. The summed E-state index contributed by atoms with van der Waals surface area (Å²) in [5.41, 5.74) is -1.60. The Balaban J connectivity index is 3.58. The third-order valence-corrected chi connectivity index (χ3v) is 3.66. The molecule has 23 heavy (non-hydrogen) atoms. The van der Waals surface area contributed by atoms with E-state index >= 15 is 0 Å². The van der Waals surface area contributed by atoms with Gasteiger partial charge in [0.15, 0.2) is 0 Å². The SMILES string of the molecule is COC(=O)c1cc(SC(=O)N(C)C)cc(C(=O)OC)c1[N+](=O)[O-]. The normalized spacial score (nSPS) is 9.91. The highest BCUT2D eigenvalue weighted by Crippen LogP contribution is 2.32. The van der Waals surface area contributed by atoms with Crippen molar-refractivity contribution in [1.29, 1.82) is 0 Å². The Bertz CT molecular complexity index is 635. The van der Waals surface area contributed by atoms with E-state index in [0.29, 0.717) is 11.8 Å². The Labute approximate surface area is 135 Å². The summed E-state index contributed by atoms with van der Waals surface area (Å²) >= 11 is 0.705. The number of hydrogen-bond donors (Lipinski definition) is 0. The molecule has 0 fully saturated rings. The highest BCUT2D eigenvalue weighted by atomic mass is 32.2. The molecule has 1 aromatic rings. The molecule has 0 aromatic heterocycles. The van der Waals surface area contributed by atoms with Crippen molar-refractivity contribution < 1.29 is 28.8 Å². The second kappa shape index (κ2) is 7.58. The Morgan fingerprint density at radius 2 is 1.52 bits per heavy atom. The molecule has 124 valence electrons. The zero-order chi connectivity index (χ0) is 17.7. The van der Waals surface area contributed by atoms with Gasteiger partial charge in [-0.3, -0.25) is 14.9 Å². The van der Waals surface area contributed by atoms with Gasteiger partial charge in [0.2, 0.25) is 0 Å². The molecule has 0 aliphatic heterocycles. The summed E-state index contributed by atoms with van der Waals surface area (Å²) in [6, 6.07) is 2.25. The standard InChI is InChI=1S/C13H14N2O7S/c1-14(2)13(18)23-7-5-8(11(16)21-3)10(15(19)20)9(6-7)12(17)22-4/h5-6H,1-4H3. The minimum Gasteiger partial charge on any atom is -0.465 e. The summed E-state index contributed by atoms with van der Waals surface area (Å²) in [5, 5.41) is 10.8. The Morgan fingerprint density at radius 3 is 1.83 bits per heavy atom. The van der Waals surface area contributed by atoms with E-state index in [2.05, 4.69) is 9.47 Å². The lowest BCUT2D eigenvalue weighted by molar-refractivity contribution is -0.385. The van der Waals surface area contributed by atoms with Crippen LogP contribution in [-0.2, 0) is 9.47 Å². The van der Waals surface area contributed by atoms with Crippen molar-refractivity contribution in [1.82, 2.24) is 4.90 Å². The fourth-order valence-corrected chi connectivity index (χ4v) is 2.32. The number of nitrogens with zero attached hydrogens (tertiary/aromatic N) is 2. The maximum absolute atomic E-state index is 11.8. The number of hydrogen-bond acceptors (Lipinski definition) is 8. The van der Waals surface area contributed by atoms with E-state index in [1.807, 2.05) is 0 Å². The molecular formula is C13H14N2O7S. The zero-order valence-electron chi connectivity index (χ0n) is 12.8. The van der Waals surface area contributed by atoms with Gasteiger partial charge in [-0.2, -0.15) is 0 Å². The summed E-state index contributed by atoms with van der Waals surface area (Å²) in [6.45, 7) is 0. The first-order chi connectivity index (χ1) is 10.7. The molecule has 1 amide bonds. The van der Waals surface area contributed by atoms with Crippen LogP contribution in [0.15, 0.2) is 17.0 Å². The van der Waals surface area contributed by atoms with Gasteiger partial charge in [0.25, 0.3) is 10.9 Å². The van der Waals surface area contributed by atoms with Crippen LogP contribution in [0.1, 0.15) is 20.7 Å². The fraction of sp³-hybridized carbons (Fsp3) is 0.308. The van der Waals surface area contributed by atoms with Gasteiger partial charge in [0.1, 0.15) is 11.1 Å². The Morgan fingerprint density at radius 1 is 1.09 bits per heavy atom. The number of benzene rings is 1. The first kappa shape index (κ1) is 18.4. The second-order valence-electron chi connectivity index (χ2n) is 4.37. The van der Waals surface area contributed by atoms with E-state index in [1.54, 1.807) is 0 Å². The minimum absolute atomic E-state index is 0.176. The van der Waals surface area contributed by atoms with E-state index in [1.165, 1.54) is 19.0 Å². The summed E-state index contributed by atoms with van der Waals surface area (Å²) in [7, 11) is 5.13. The number of carbonyl (C=O) groups is 3. The van der Waals surface area contributed by atoms with Crippen LogP contribution in [0, 0.1) is 10.1 Å². The lowest BCUT2D eigenvalue weighted by Gasteiger charge is -2.11. The number of carbonyl (C=O) groups excluding carboxylic acids is 3. The average Bonchev–Trinajstić information content (AvgIpc) is 2.51. The molecule has 0 aliphatic rings. The number of thioether (sulfide) groups is 1. The van der Waals surface area contributed by atoms with Crippen LogP contribution in [-0.4, -0.2) is 55.3 Å². The van der Waals surface area contributed by atoms with E-state index in [0.717, 1.165) is 26.4 Å². The summed E-state index contributed by atoms with van der Waals surface area (Å²) in [5.74, 6) is -2.00. The molecule has 10 heteroatoms. The molecule has 1 aromatic carbocycles. The number of nitro groups is 1. The fourth-order valence-electron chi connectivity index (χ4n) is 1.59. The largest absolute Gasteiger partial charge is 0.465 e. The highest BCUT2D eigenvalue weighted by Gasteiger charge is 2.31. The molecule has 0 saturated carbocycles. The monoisotopic (exact) mass is 342 g/mol. The smallest absolute Gasteiger partial charge is 0.344 e. The van der Waals surface area contributed by atoms with Crippen molar-refractivity contribution >= 4 is 34.6 Å². The summed E-state index contributed by atoms with van der Waals surface area (Å²) in [6.07, 6.45) is 0. The number of amides is 1. The van der Waals surface area contributed by atoms with Crippen LogP contribution in [0.25, 0.3) is 0 Å². The number of nitro benzene ring substituents is 1. The van der Waals surface area contributed by atoms with E-state index < -0.39 is 33.7 Å². The van der Waals surface area contributed by atoms with Gasteiger partial charge in [-0.25, -0.2) is 9.59 Å². The Kier molecular flexibility index (Phi) is 6.08. The van der Waals surface area contributed by atoms with Crippen LogP contribution in [0.2, 0.25) is 0 Å². The van der Waals surface area contributed by atoms with Crippen molar-refractivity contribution in [3.63, 3.8) is 0 Å². The quantitative estimate of drug-likeness (QED) is 0.353. The van der Waals surface area contributed by atoms with Gasteiger partial charge in [0, 0.05) is 19.0 Å². The molecule has 0 bridgehead atoms. The molecule has 0 atom stereocenters. The molecule has 0 heterocycles. The Hall–Kier alpha value is -2.62. The van der Waals surface area contributed by atoms with Crippen molar-refractivity contribution in [2.75, 3.05) is 28.3 Å². The first-order valence-corrected chi connectivity index (χ1v) is 6.92. The summed E-state index contributed by atoms with van der Waals surface area (Å²) in [4.78, 5) is 47.2. The molecule has 9 nitrogen and oxygen atoms in total. The molecule has 0 aliphatic carbocycles. The van der Waals surface area contributed by atoms with E-state index in [-0.39, 0.29) is 10.1 Å². The van der Waals surface area contributed by atoms with E-state index in [4.69, 9.17) is 0 Å². The van der Waals surface area contributed by atoms with Gasteiger partial charge >= 0.3 is 11.9 Å². The molecule has 0 spiro atoms. The maximum Gasteiger partial charge on any atom is 0.344 e. The summed E-state index contributed by atoms with van der Waals surface area (Å²) < 4.78 is 9.01. The highest BCUT2D eigenvalue weighted by molar-refractivity contribution is 8.13. The van der Waals surface area contributed by atoms with Gasteiger partial charge in [-0.05, 0) is 23.9 Å². The maximum atomic E-state index is 11.8. The average molecular weight is 342 g/mol. The van der Waals surface area contributed by atoms with E-state index in [9.17, 15) is 24.5 Å². The van der Waals surface area contributed by atoms with Crippen LogP contribution < -0.4 is 0 Å². The molecule has 1 rings (SSSR count). The topological polar surface area (TPSA) is 116 Å². The second-order valence-corrected chi connectivity index (χ2v) is 5.39. The lowest BCUT2D eigenvalue weighted by Crippen LogP contribution is -2.17. The van der Waals surface area contributed by atoms with Gasteiger partial charge in [0.05, 0.1) is 19.1 Å². The van der Waals surface area contributed by atoms with Crippen LogP contribution in [0.4, 0.5) is 10.5 Å². The number of methoxy groups -OCH3 is 2. The van der Waals surface area contributed by atoms with Gasteiger partial charge in [-0.15, -0.1) is 0 Å². The number of ether oxygens (including phenoxy) is 2. The van der Waals surface area contributed by atoms with Crippen LogP contribution in [0.5, 0.6) is 0 Å². The van der Waals surface area contributed by atoms with Crippen molar-refractivity contribution in [2.24, 2.45) is 0 Å². The van der Waals surface area contributed by atoms with Gasteiger partial charge < -0.3 is 14.4 Å². The number of esters is 2. The van der Waals surface area contributed by atoms with Gasteiger partial charge in [-0.1, -0.05) is 0 Å². The van der Waals surface area contributed by atoms with Crippen LogP contribution >= 0.6 is 11.8 Å². The molecular weight excluding hydrogens is 328 g/mol. The third kappa shape index (κ3) is 4.19. The van der Waals surface area contributed by atoms with Crippen molar-refractivity contribution in [3.8, 4) is 0 Å². The molecule has 0 N–H and O–H groups in total. The van der Waals surface area contributed by atoms with Crippen LogP contribution in [0.3, 0.4) is 0 Å². The molecule has 0 unspecified atom stereocenters. The first-order valence-electron chi connectivity index (χ1n) is 6.11. The van der Waals surface area contributed by atoms with Crippen molar-refractivity contribution in [2.45, 2.75) is 4.90 Å². The lowest BCUT2D eigenvalue weighted by atomic mass is 10.1. The molecule has 0 radical (unpaired) electrons. The molecule has 0 saturated heterocycles. The third-order valence-electron chi connectivity index (χ3n) is 2.65. The minimum atomic E-state index is -0.999. The number of rotatable bonds is 4. The predicted octanol–water partition coefficient (Wildman–Crippen LogP) is 1.94.